The predicted molar refractivity (Wildman–Crippen MR) is 101 cm³/mol. The molecule has 1 aromatic heterocycles. The Morgan fingerprint density at radius 1 is 1.36 bits per heavy atom. The number of hydrogen-bond acceptors (Lipinski definition) is 7. The van der Waals surface area contributed by atoms with E-state index in [1.54, 1.807) is 18.4 Å². The van der Waals surface area contributed by atoms with Crippen molar-refractivity contribution in [1.82, 2.24) is 15.2 Å². The number of anilines is 1. The zero-order valence-electron chi connectivity index (χ0n) is 14.7. The van der Waals surface area contributed by atoms with Crippen LogP contribution in [0, 0.1) is 0 Å². The third-order valence-corrected chi connectivity index (χ3v) is 5.22. The molecular weight excluding hydrogens is 336 g/mol. The van der Waals surface area contributed by atoms with Crippen LogP contribution in [-0.4, -0.2) is 56.4 Å². The van der Waals surface area contributed by atoms with Gasteiger partial charge in [-0.25, -0.2) is 4.98 Å². The van der Waals surface area contributed by atoms with Crippen molar-refractivity contribution in [1.29, 1.82) is 0 Å². The first kappa shape index (κ1) is 18.1. The van der Waals surface area contributed by atoms with E-state index in [9.17, 15) is 0 Å². The first-order valence-corrected chi connectivity index (χ1v) is 9.44. The van der Waals surface area contributed by atoms with Gasteiger partial charge in [-0.3, -0.25) is 4.90 Å². The molecule has 1 saturated heterocycles. The van der Waals surface area contributed by atoms with Gasteiger partial charge < -0.3 is 20.5 Å². The molecule has 25 heavy (non-hydrogen) atoms. The number of aromatic nitrogens is 1. The highest BCUT2D eigenvalue weighted by Gasteiger charge is 2.12. The van der Waals surface area contributed by atoms with Crippen LogP contribution in [0.2, 0.25) is 0 Å². The summed E-state index contributed by atoms with van der Waals surface area (Å²) in [5.41, 5.74) is 8.20. The topological polar surface area (TPSA) is 72.6 Å². The molecule has 1 aliphatic heterocycles. The average molecular weight is 362 g/mol. The van der Waals surface area contributed by atoms with E-state index in [2.05, 4.69) is 27.3 Å². The van der Waals surface area contributed by atoms with Gasteiger partial charge in [0.05, 0.1) is 26.0 Å². The molecular formula is C18H26N4O2S. The standard InChI is InChI=1S/C18H26N4O2S/c1-23-15-4-2-3-14(11-15)12-17-16(21-18(19)25-17)13-20-5-6-22-7-9-24-10-8-22/h2-4,11,20H,5-10,12-13H2,1H3,(H2,19,21). The predicted octanol–water partition coefficient (Wildman–Crippen LogP) is 1.75. The lowest BCUT2D eigenvalue weighted by Crippen LogP contribution is -2.40. The van der Waals surface area contributed by atoms with Crippen molar-refractivity contribution < 1.29 is 9.47 Å². The summed E-state index contributed by atoms with van der Waals surface area (Å²) in [4.78, 5) is 8.13. The second kappa shape index (κ2) is 9.15. The van der Waals surface area contributed by atoms with Gasteiger partial charge in [0.25, 0.3) is 0 Å². The smallest absolute Gasteiger partial charge is 0.180 e. The fraction of sp³-hybridized carbons (Fsp3) is 0.500. The number of benzene rings is 1. The second-order valence-electron chi connectivity index (χ2n) is 6.08. The van der Waals surface area contributed by atoms with E-state index < -0.39 is 0 Å². The van der Waals surface area contributed by atoms with Crippen LogP contribution in [-0.2, 0) is 17.7 Å². The molecule has 0 spiro atoms. The maximum atomic E-state index is 5.94. The Morgan fingerprint density at radius 3 is 3.00 bits per heavy atom. The number of ether oxygens (including phenoxy) is 2. The minimum atomic E-state index is 0.628. The van der Waals surface area contributed by atoms with Crippen molar-refractivity contribution in [2.75, 3.05) is 52.2 Å². The SMILES string of the molecule is COc1cccc(Cc2sc(N)nc2CNCCN2CCOCC2)c1. The van der Waals surface area contributed by atoms with Crippen molar-refractivity contribution in [3.05, 3.63) is 40.4 Å². The van der Waals surface area contributed by atoms with Crippen LogP contribution in [0.1, 0.15) is 16.1 Å². The molecule has 0 aliphatic carbocycles. The Kier molecular flexibility index (Phi) is 6.63. The maximum Gasteiger partial charge on any atom is 0.180 e. The normalized spacial score (nSPS) is 15.4. The first-order chi connectivity index (χ1) is 12.2. The van der Waals surface area contributed by atoms with Gasteiger partial charge in [-0.05, 0) is 17.7 Å². The summed E-state index contributed by atoms with van der Waals surface area (Å²) in [7, 11) is 1.69. The summed E-state index contributed by atoms with van der Waals surface area (Å²) in [5, 5.41) is 4.12. The van der Waals surface area contributed by atoms with Gasteiger partial charge in [-0.2, -0.15) is 0 Å². The van der Waals surface area contributed by atoms with E-state index in [0.29, 0.717) is 5.13 Å². The molecule has 0 atom stereocenters. The van der Waals surface area contributed by atoms with Crippen molar-refractivity contribution in [2.45, 2.75) is 13.0 Å². The fourth-order valence-electron chi connectivity index (χ4n) is 2.92. The number of nitrogens with zero attached hydrogens (tertiary/aromatic N) is 2. The van der Waals surface area contributed by atoms with E-state index in [1.807, 2.05) is 12.1 Å². The first-order valence-electron chi connectivity index (χ1n) is 8.62. The Labute approximate surface area is 153 Å². The lowest BCUT2D eigenvalue weighted by atomic mass is 10.1. The Balaban J connectivity index is 1.53. The van der Waals surface area contributed by atoms with Crippen molar-refractivity contribution in [3.8, 4) is 5.75 Å². The minimum Gasteiger partial charge on any atom is -0.497 e. The fourth-order valence-corrected chi connectivity index (χ4v) is 3.80. The number of methoxy groups -OCH3 is 1. The molecule has 136 valence electrons. The molecule has 0 amide bonds. The summed E-state index contributed by atoms with van der Waals surface area (Å²) in [6.07, 6.45) is 0.826. The zero-order valence-corrected chi connectivity index (χ0v) is 15.5. The summed E-state index contributed by atoms with van der Waals surface area (Å²) >= 11 is 1.57. The highest BCUT2D eigenvalue weighted by molar-refractivity contribution is 7.15. The lowest BCUT2D eigenvalue weighted by molar-refractivity contribution is 0.0384. The summed E-state index contributed by atoms with van der Waals surface area (Å²) in [5.74, 6) is 0.875. The Morgan fingerprint density at radius 2 is 2.20 bits per heavy atom. The molecule has 0 radical (unpaired) electrons. The number of hydrogen-bond donors (Lipinski definition) is 2. The Bertz CT molecular complexity index is 671. The summed E-state index contributed by atoms with van der Waals surface area (Å²) < 4.78 is 10.7. The van der Waals surface area contributed by atoms with Gasteiger partial charge in [-0.15, -0.1) is 11.3 Å². The van der Waals surface area contributed by atoms with E-state index in [-0.39, 0.29) is 0 Å². The van der Waals surface area contributed by atoms with Crippen LogP contribution in [0.4, 0.5) is 5.13 Å². The van der Waals surface area contributed by atoms with Crippen LogP contribution < -0.4 is 15.8 Å². The molecule has 7 heteroatoms. The maximum absolute atomic E-state index is 5.94. The quantitative estimate of drug-likeness (QED) is 0.697. The van der Waals surface area contributed by atoms with Crippen molar-refractivity contribution in [3.63, 3.8) is 0 Å². The molecule has 1 aromatic carbocycles. The third kappa shape index (κ3) is 5.40. The molecule has 3 rings (SSSR count). The molecule has 0 unspecified atom stereocenters. The minimum absolute atomic E-state index is 0.628. The Hall–Kier alpha value is -1.67. The second-order valence-corrected chi connectivity index (χ2v) is 7.20. The van der Waals surface area contributed by atoms with Crippen LogP contribution in [0.5, 0.6) is 5.75 Å². The van der Waals surface area contributed by atoms with Gasteiger partial charge in [0.15, 0.2) is 5.13 Å². The molecule has 1 aliphatic rings. The number of rotatable bonds is 8. The third-order valence-electron chi connectivity index (χ3n) is 4.29. The lowest BCUT2D eigenvalue weighted by Gasteiger charge is -2.26. The molecule has 2 heterocycles. The molecule has 0 saturated carbocycles. The van der Waals surface area contributed by atoms with E-state index in [1.165, 1.54) is 10.4 Å². The van der Waals surface area contributed by atoms with Crippen molar-refractivity contribution >= 4 is 16.5 Å². The highest BCUT2D eigenvalue weighted by Crippen LogP contribution is 2.25. The molecule has 0 bridgehead atoms. The van der Waals surface area contributed by atoms with E-state index >= 15 is 0 Å². The van der Waals surface area contributed by atoms with Crippen LogP contribution in [0.3, 0.4) is 0 Å². The van der Waals surface area contributed by atoms with Crippen LogP contribution >= 0.6 is 11.3 Å². The number of nitrogens with one attached hydrogen (secondary N) is 1. The van der Waals surface area contributed by atoms with Gasteiger partial charge in [0.2, 0.25) is 0 Å². The number of morpholine rings is 1. The number of nitrogens with two attached hydrogens (primary N) is 1. The number of thiazole rings is 1. The molecule has 1 fully saturated rings. The number of nitrogen functional groups attached to an aromatic ring is 1. The van der Waals surface area contributed by atoms with Gasteiger partial charge in [0, 0.05) is 44.0 Å². The van der Waals surface area contributed by atoms with Gasteiger partial charge in [0.1, 0.15) is 5.75 Å². The average Bonchev–Trinajstić information content (AvgIpc) is 2.99. The van der Waals surface area contributed by atoms with E-state index in [4.69, 9.17) is 15.2 Å². The summed E-state index contributed by atoms with van der Waals surface area (Å²) in [6, 6.07) is 8.14. The van der Waals surface area contributed by atoms with Crippen LogP contribution in [0.15, 0.2) is 24.3 Å². The van der Waals surface area contributed by atoms with Crippen LogP contribution in [0.25, 0.3) is 0 Å². The zero-order chi connectivity index (χ0) is 17.5. The summed E-state index contributed by atoms with van der Waals surface area (Å²) in [6.45, 7) is 6.45. The van der Waals surface area contributed by atoms with Gasteiger partial charge in [-0.1, -0.05) is 12.1 Å². The molecule has 3 N–H and O–H groups in total. The molecule has 6 nitrogen and oxygen atoms in total. The van der Waals surface area contributed by atoms with Gasteiger partial charge >= 0.3 is 0 Å². The van der Waals surface area contributed by atoms with E-state index in [0.717, 1.165) is 63.8 Å². The largest absolute Gasteiger partial charge is 0.497 e. The highest BCUT2D eigenvalue weighted by atomic mass is 32.1. The monoisotopic (exact) mass is 362 g/mol. The van der Waals surface area contributed by atoms with Crippen molar-refractivity contribution in [2.24, 2.45) is 0 Å². The molecule has 2 aromatic rings.